The van der Waals surface area contributed by atoms with Crippen LogP contribution in [0.1, 0.15) is 82.0 Å². The van der Waals surface area contributed by atoms with Crippen molar-refractivity contribution in [2.75, 3.05) is 6.54 Å². The molecule has 0 atom stereocenters. The highest BCUT2D eigenvalue weighted by molar-refractivity contribution is 5.21. The molecule has 0 radical (unpaired) electrons. The summed E-state index contributed by atoms with van der Waals surface area (Å²) in [6.07, 6.45) is 11.9. The highest BCUT2D eigenvalue weighted by atomic mass is 15.1. The Bertz CT molecular complexity index is 455. The largest absolute Gasteiger partial charge is 0.329 e. The van der Waals surface area contributed by atoms with E-state index in [9.17, 15) is 0 Å². The van der Waals surface area contributed by atoms with E-state index in [1.165, 1.54) is 62.9 Å². The molecule has 1 saturated carbocycles. The second-order valence-corrected chi connectivity index (χ2v) is 6.93. The van der Waals surface area contributed by atoms with Gasteiger partial charge in [-0.15, -0.1) is 0 Å². The van der Waals surface area contributed by atoms with Crippen LogP contribution < -0.4 is 5.32 Å². The van der Waals surface area contributed by atoms with Crippen molar-refractivity contribution in [3.63, 3.8) is 0 Å². The van der Waals surface area contributed by atoms with Gasteiger partial charge in [-0.1, -0.05) is 26.7 Å². The number of aryl methyl sites for hydroxylation is 1. The van der Waals surface area contributed by atoms with Crippen LogP contribution in [0.3, 0.4) is 0 Å². The number of hydrogen-bond donors (Lipinski definition) is 1. The number of nitrogens with zero attached hydrogens (tertiary/aromatic N) is 2. The van der Waals surface area contributed by atoms with E-state index < -0.39 is 0 Å². The van der Waals surface area contributed by atoms with E-state index in [2.05, 4.69) is 23.7 Å². The lowest BCUT2D eigenvalue weighted by Gasteiger charge is -2.32. The molecule has 2 aliphatic rings. The fraction of sp³-hybridized carbons (Fsp3) is 0.833. The monoisotopic (exact) mass is 289 g/mol. The van der Waals surface area contributed by atoms with Gasteiger partial charge in [0.2, 0.25) is 0 Å². The van der Waals surface area contributed by atoms with Crippen LogP contribution in [-0.4, -0.2) is 16.1 Å². The highest BCUT2D eigenvalue weighted by Crippen LogP contribution is 2.37. The van der Waals surface area contributed by atoms with Gasteiger partial charge in [-0.05, 0) is 38.0 Å². The average molecular weight is 289 g/mol. The molecule has 0 bridgehead atoms. The van der Waals surface area contributed by atoms with Gasteiger partial charge in [0.25, 0.3) is 0 Å². The fourth-order valence-corrected chi connectivity index (χ4v) is 4.32. The van der Waals surface area contributed by atoms with Crippen molar-refractivity contribution in [2.24, 2.45) is 5.92 Å². The van der Waals surface area contributed by atoms with E-state index in [-0.39, 0.29) is 0 Å². The van der Waals surface area contributed by atoms with Gasteiger partial charge in [-0.2, -0.15) is 0 Å². The quantitative estimate of drug-likeness (QED) is 0.887. The van der Waals surface area contributed by atoms with Crippen LogP contribution in [0.4, 0.5) is 0 Å². The molecule has 1 aromatic rings. The maximum absolute atomic E-state index is 4.97. The topological polar surface area (TPSA) is 29.9 Å². The molecule has 21 heavy (non-hydrogen) atoms. The van der Waals surface area contributed by atoms with Crippen LogP contribution in [0.15, 0.2) is 0 Å². The van der Waals surface area contributed by atoms with Crippen molar-refractivity contribution in [1.82, 2.24) is 14.9 Å². The van der Waals surface area contributed by atoms with Gasteiger partial charge in [-0.3, -0.25) is 0 Å². The van der Waals surface area contributed by atoms with Crippen molar-refractivity contribution in [2.45, 2.75) is 84.2 Å². The normalized spacial score (nSPS) is 25.8. The van der Waals surface area contributed by atoms with Crippen LogP contribution in [0, 0.1) is 5.92 Å². The molecule has 0 amide bonds. The van der Waals surface area contributed by atoms with Gasteiger partial charge in [0, 0.05) is 37.7 Å². The molecule has 0 unspecified atom stereocenters. The van der Waals surface area contributed by atoms with Gasteiger partial charge < -0.3 is 9.88 Å². The number of hydrogen-bond acceptors (Lipinski definition) is 2. The Balaban J connectivity index is 1.79. The number of aromatic nitrogens is 2. The summed E-state index contributed by atoms with van der Waals surface area (Å²) in [4.78, 5) is 4.97. The van der Waals surface area contributed by atoms with Crippen LogP contribution in [-0.2, 0) is 19.4 Å². The minimum atomic E-state index is 0.731. The lowest BCUT2D eigenvalue weighted by Crippen LogP contribution is -2.27. The first-order chi connectivity index (χ1) is 10.3. The van der Waals surface area contributed by atoms with Crippen LogP contribution in [0.5, 0.6) is 0 Å². The van der Waals surface area contributed by atoms with Gasteiger partial charge in [0.15, 0.2) is 0 Å². The number of rotatable bonds is 5. The molecule has 3 heteroatoms. The van der Waals surface area contributed by atoms with E-state index in [0.717, 1.165) is 31.5 Å². The first-order valence-electron chi connectivity index (χ1n) is 9.13. The third kappa shape index (κ3) is 3.18. The number of fused-ring (bicyclic) bond motifs is 1. The summed E-state index contributed by atoms with van der Waals surface area (Å²) in [6, 6.07) is 0.731. The Morgan fingerprint density at radius 2 is 1.95 bits per heavy atom. The highest BCUT2D eigenvalue weighted by Gasteiger charge is 2.27. The Morgan fingerprint density at radius 3 is 2.67 bits per heavy atom. The van der Waals surface area contributed by atoms with Gasteiger partial charge >= 0.3 is 0 Å². The van der Waals surface area contributed by atoms with E-state index in [1.54, 1.807) is 5.69 Å². The van der Waals surface area contributed by atoms with Gasteiger partial charge in [-0.25, -0.2) is 4.98 Å². The molecule has 0 saturated heterocycles. The smallest absolute Gasteiger partial charge is 0.109 e. The zero-order chi connectivity index (χ0) is 14.7. The second-order valence-electron chi connectivity index (χ2n) is 6.93. The van der Waals surface area contributed by atoms with Gasteiger partial charge in [0.1, 0.15) is 5.82 Å². The van der Waals surface area contributed by atoms with Crippen LogP contribution in [0.2, 0.25) is 0 Å². The molecule has 3 nitrogen and oxygen atoms in total. The second kappa shape index (κ2) is 6.95. The Kier molecular flexibility index (Phi) is 4.99. The predicted octanol–water partition coefficient (Wildman–Crippen LogP) is 4.01. The molecular formula is C18H31N3. The van der Waals surface area contributed by atoms with E-state index >= 15 is 0 Å². The molecule has 1 aliphatic heterocycles. The number of imidazole rings is 1. The summed E-state index contributed by atoms with van der Waals surface area (Å²) in [5, 5.41) is 3.47. The lowest BCUT2D eigenvalue weighted by atomic mass is 9.83. The predicted molar refractivity (Wildman–Crippen MR) is 87.5 cm³/mol. The molecule has 118 valence electrons. The van der Waals surface area contributed by atoms with Gasteiger partial charge in [0.05, 0.1) is 5.69 Å². The third-order valence-corrected chi connectivity index (χ3v) is 5.35. The van der Waals surface area contributed by atoms with Crippen molar-refractivity contribution >= 4 is 0 Å². The van der Waals surface area contributed by atoms with Crippen LogP contribution >= 0.6 is 0 Å². The minimum Gasteiger partial charge on any atom is -0.329 e. The maximum atomic E-state index is 4.97. The standard InChI is InChI=1S/C18H31N3/c1-3-5-14-7-9-15(10-8-14)21-17-11-12-19-13-16(17)20-18(21)6-4-2/h14-15,19H,3-13H2,1-2H3. The summed E-state index contributed by atoms with van der Waals surface area (Å²) >= 11 is 0. The first-order valence-corrected chi connectivity index (χ1v) is 9.13. The summed E-state index contributed by atoms with van der Waals surface area (Å²) in [6.45, 7) is 6.69. The summed E-state index contributed by atoms with van der Waals surface area (Å²) in [5.41, 5.74) is 2.89. The zero-order valence-electron chi connectivity index (χ0n) is 13.8. The Labute approximate surface area is 129 Å². The molecule has 1 fully saturated rings. The molecule has 0 aromatic carbocycles. The molecule has 1 aromatic heterocycles. The molecule has 1 N–H and O–H groups in total. The Morgan fingerprint density at radius 1 is 1.14 bits per heavy atom. The molecule has 2 heterocycles. The molecule has 1 aliphatic carbocycles. The van der Waals surface area contributed by atoms with E-state index in [1.807, 2.05) is 0 Å². The fourth-order valence-electron chi connectivity index (χ4n) is 4.32. The van der Waals surface area contributed by atoms with E-state index in [4.69, 9.17) is 4.98 Å². The lowest BCUT2D eigenvalue weighted by molar-refractivity contribution is 0.255. The summed E-state index contributed by atoms with van der Waals surface area (Å²) < 4.78 is 2.67. The van der Waals surface area contributed by atoms with Crippen molar-refractivity contribution in [3.05, 3.63) is 17.2 Å². The summed E-state index contributed by atoms with van der Waals surface area (Å²) in [7, 11) is 0. The SMILES string of the molecule is CCCc1nc2c(n1C1CCC(CCC)CC1)CCNC2. The molecule has 3 rings (SSSR count). The summed E-state index contributed by atoms with van der Waals surface area (Å²) in [5.74, 6) is 2.35. The van der Waals surface area contributed by atoms with E-state index in [0.29, 0.717) is 0 Å². The zero-order valence-corrected chi connectivity index (χ0v) is 13.8. The minimum absolute atomic E-state index is 0.731. The molecular weight excluding hydrogens is 258 g/mol. The average Bonchev–Trinajstić information content (AvgIpc) is 2.87. The third-order valence-electron chi connectivity index (χ3n) is 5.35. The number of nitrogens with one attached hydrogen (secondary N) is 1. The van der Waals surface area contributed by atoms with Crippen molar-refractivity contribution in [1.29, 1.82) is 0 Å². The Hall–Kier alpha value is -0.830. The van der Waals surface area contributed by atoms with Crippen LogP contribution in [0.25, 0.3) is 0 Å². The molecule has 0 spiro atoms. The van der Waals surface area contributed by atoms with Crippen molar-refractivity contribution in [3.8, 4) is 0 Å². The first kappa shape index (κ1) is 15.1. The maximum Gasteiger partial charge on any atom is 0.109 e. The van der Waals surface area contributed by atoms with Crippen molar-refractivity contribution < 1.29 is 0 Å².